The molecule has 6 heavy (non-hydrogen) atoms. The predicted octanol–water partition coefficient (Wildman–Crippen LogP) is -0.816. The van der Waals surface area contributed by atoms with Crippen LogP contribution in [0.1, 0.15) is 0 Å². The van der Waals surface area contributed by atoms with Crippen LogP contribution in [0.15, 0.2) is 5.10 Å². The summed E-state index contributed by atoms with van der Waals surface area (Å²) in [5.41, 5.74) is 2.46. The van der Waals surface area contributed by atoms with Crippen LogP contribution in [0.5, 0.6) is 0 Å². The van der Waals surface area contributed by atoms with Crippen molar-refractivity contribution in [2.24, 2.45) is 5.10 Å². The molecule has 0 spiro atoms. The first kappa shape index (κ1) is 5.43. The summed E-state index contributed by atoms with van der Waals surface area (Å²) in [6, 6.07) is 0. The fraction of sp³-hybridized carbons (Fsp3) is 0.667. The number of hydrogen-bond donors (Lipinski definition) is 2. The van der Waals surface area contributed by atoms with Crippen LogP contribution >= 0.6 is 0 Å². The summed E-state index contributed by atoms with van der Waals surface area (Å²) in [4.78, 5) is 0. The minimum Gasteiger partial charge on any atom is -0.394 e. The monoisotopic (exact) mass is 88.1 g/mol. The van der Waals surface area contributed by atoms with Gasteiger partial charge in [0.05, 0.1) is 13.2 Å². The molecule has 3 heteroatoms. The Morgan fingerprint density at radius 1 is 1.83 bits per heavy atom. The number of hydrogen-bond acceptors (Lipinski definition) is 3. The van der Waals surface area contributed by atoms with Crippen LogP contribution in [0.25, 0.3) is 0 Å². The quantitative estimate of drug-likeness (QED) is 0.269. The van der Waals surface area contributed by atoms with E-state index in [1.165, 1.54) is 0 Å². The fourth-order valence-electron chi connectivity index (χ4n) is 0.129. The van der Waals surface area contributed by atoms with Gasteiger partial charge < -0.3 is 10.5 Å². The van der Waals surface area contributed by atoms with Gasteiger partial charge in [0, 0.05) is 6.72 Å². The molecule has 0 amide bonds. The molecule has 0 atom stereocenters. The highest BCUT2D eigenvalue weighted by molar-refractivity contribution is 5.22. The number of nitrogens with one attached hydrogen (secondary N) is 1. The second-order valence-corrected chi connectivity index (χ2v) is 0.790. The Labute approximate surface area is 36.7 Å². The van der Waals surface area contributed by atoms with Crippen molar-refractivity contribution in [1.29, 1.82) is 0 Å². The summed E-state index contributed by atoms with van der Waals surface area (Å²) in [5, 5.41) is 11.3. The summed E-state index contributed by atoms with van der Waals surface area (Å²) >= 11 is 0. The second-order valence-electron chi connectivity index (χ2n) is 0.790. The normalized spacial score (nSPS) is 7.50. The van der Waals surface area contributed by atoms with E-state index >= 15 is 0 Å². The number of rotatable bonds is 3. The van der Waals surface area contributed by atoms with Crippen LogP contribution < -0.4 is 5.43 Å². The van der Waals surface area contributed by atoms with E-state index in [1.807, 2.05) is 0 Å². The highest BCUT2D eigenvalue weighted by Gasteiger charge is 1.68. The van der Waals surface area contributed by atoms with Crippen molar-refractivity contribution in [2.45, 2.75) is 0 Å². The lowest BCUT2D eigenvalue weighted by Gasteiger charge is -1.88. The molecule has 36 valence electrons. The van der Waals surface area contributed by atoms with Crippen LogP contribution in [0, 0.1) is 0 Å². The molecular weight excluding hydrogens is 80.0 g/mol. The minimum absolute atomic E-state index is 0.110. The smallest absolute Gasteiger partial charge is 0.0620 e. The van der Waals surface area contributed by atoms with Crippen molar-refractivity contribution in [3.05, 3.63) is 0 Å². The van der Waals surface area contributed by atoms with Crippen molar-refractivity contribution in [1.82, 2.24) is 5.43 Å². The molecule has 3 nitrogen and oxygen atoms in total. The molecule has 0 aliphatic rings. The molecule has 0 heterocycles. The number of aliphatic hydroxyl groups is 1. The summed E-state index contributed by atoms with van der Waals surface area (Å²) in [7, 11) is 0. The topological polar surface area (TPSA) is 44.6 Å². The predicted molar refractivity (Wildman–Crippen MR) is 24.6 cm³/mol. The Morgan fingerprint density at radius 3 is 2.67 bits per heavy atom. The molecular formula is C3H8N2O. The van der Waals surface area contributed by atoms with E-state index in [9.17, 15) is 0 Å². The highest BCUT2D eigenvalue weighted by atomic mass is 16.3. The van der Waals surface area contributed by atoms with Gasteiger partial charge in [-0.2, -0.15) is 5.10 Å². The van der Waals surface area contributed by atoms with E-state index < -0.39 is 0 Å². The van der Waals surface area contributed by atoms with Crippen LogP contribution in [-0.4, -0.2) is 25.0 Å². The fourth-order valence-corrected chi connectivity index (χ4v) is 0.129. The lowest BCUT2D eigenvalue weighted by atomic mass is 10.7. The van der Waals surface area contributed by atoms with Crippen molar-refractivity contribution in [3.63, 3.8) is 0 Å². The Morgan fingerprint density at radius 2 is 2.50 bits per heavy atom. The van der Waals surface area contributed by atoms with Crippen molar-refractivity contribution in [2.75, 3.05) is 13.2 Å². The molecule has 0 unspecified atom stereocenters. The molecule has 0 aliphatic heterocycles. The number of hydrazone groups is 1. The van der Waals surface area contributed by atoms with Crippen LogP contribution in [0.4, 0.5) is 0 Å². The first-order chi connectivity index (χ1) is 2.91. The average Bonchev–Trinajstić information content (AvgIpc) is 1.61. The largest absolute Gasteiger partial charge is 0.394 e. The maximum Gasteiger partial charge on any atom is 0.0620 e. The molecule has 0 rings (SSSR count). The van der Waals surface area contributed by atoms with E-state index in [0.29, 0.717) is 6.54 Å². The van der Waals surface area contributed by atoms with Gasteiger partial charge in [-0.15, -0.1) is 0 Å². The first-order valence-electron chi connectivity index (χ1n) is 1.71. The van der Waals surface area contributed by atoms with Gasteiger partial charge in [-0.3, -0.25) is 0 Å². The summed E-state index contributed by atoms with van der Waals surface area (Å²) < 4.78 is 0. The maximum absolute atomic E-state index is 8.05. The molecule has 0 aliphatic carbocycles. The summed E-state index contributed by atoms with van der Waals surface area (Å²) in [6.07, 6.45) is 0. The molecule has 0 aromatic heterocycles. The van der Waals surface area contributed by atoms with Gasteiger partial charge in [0.1, 0.15) is 0 Å². The van der Waals surface area contributed by atoms with Gasteiger partial charge in [0.25, 0.3) is 0 Å². The minimum atomic E-state index is 0.110. The second kappa shape index (κ2) is 4.43. The maximum atomic E-state index is 8.05. The van der Waals surface area contributed by atoms with Gasteiger partial charge in [0.15, 0.2) is 0 Å². The standard InChI is InChI=1S/C3H8N2O/c1-4-5-2-3-6/h5-6H,1-3H2. The SMILES string of the molecule is C=NNCCO. The molecule has 0 aromatic carbocycles. The zero-order chi connectivity index (χ0) is 4.83. The Kier molecular flexibility index (Phi) is 4.01. The van der Waals surface area contributed by atoms with E-state index in [0.717, 1.165) is 0 Å². The summed E-state index contributed by atoms with van der Waals surface area (Å²) in [5.74, 6) is 0. The van der Waals surface area contributed by atoms with Crippen molar-refractivity contribution < 1.29 is 5.11 Å². The van der Waals surface area contributed by atoms with Crippen molar-refractivity contribution in [3.8, 4) is 0 Å². The molecule has 2 N–H and O–H groups in total. The zero-order valence-electron chi connectivity index (χ0n) is 3.52. The molecule has 0 radical (unpaired) electrons. The Bertz CT molecular complexity index is 37.8. The Balaban J connectivity index is 2.49. The summed E-state index contributed by atoms with van der Waals surface area (Å²) in [6.45, 7) is 3.73. The van der Waals surface area contributed by atoms with E-state index in [-0.39, 0.29) is 6.61 Å². The van der Waals surface area contributed by atoms with Gasteiger partial charge in [-0.05, 0) is 0 Å². The Hall–Kier alpha value is -0.570. The zero-order valence-corrected chi connectivity index (χ0v) is 3.52. The highest BCUT2D eigenvalue weighted by Crippen LogP contribution is 1.50. The lowest BCUT2D eigenvalue weighted by Crippen LogP contribution is -2.09. The van der Waals surface area contributed by atoms with E-state index in [4.69, 9.17) is 5.11 Å². The molecule has 0 saturated carbocycles. The van der Waals surface area contributed by atoms with Crippen LogP contribution in [-0.2, 0) is 0 Å². The molecule has 0 saturated heterocycles. The van der Waals surface area contributed by atoms with Crippen molar-refractivity contribution >= 4 is 6.72 Å². The number of nitrogens with zero attached hydrogens (tertiary/aromatic N) is 1. The van der Waals surface area contributed by atoms with Crippen LogP contribution in [0.2, 0.25) is 0 Å². The van der Waals surface area contributed by atoms with E-state index in [2.05, 4.69) is 17.2 Å². The first-order valence-corrected chi connectivity index (χ1v) is 1.71. The third-order valence-corrected chi connectivity index (χ3v) is 0.335. The van der Waals surface area contributed by atoms with Crippen LogP contribution in [0.3, 0.4) is 0 Å². The lowest BCUT2D eigenvalue weighted by molar-refractivity contribution is 0.294. The third-order valence-electron chi connectivity index (χ3n) is 0.335. The average molecular weight is 88.1 g/mol. The molecule has 0 bridgehead atoms. The molecule has 0 fully saturated rings. The van der Waals surface area contributed by atoms with Gasteiger partial charge in [0.2, 0.25) is 0 Å². The molecule has 0 aromatic rings. The van der Waals surface area contributed by atoms with E-state index in [1.54, 1.807) is 0 Å². The number of aliphatic hydroxyl groups excluding tert-OH is 1. The van der Waals surface area contributed by atoms with Gasteiger partial charge in [-0.1, -0.05) is 0 Å². The van der Waals surface area contributed by atoms with Gasteiger partial charge >= 0.3 is 0 Å². The van der Waals surface area contributed by atoms with Gasteiger partial charge in [-0.25, -0.2) is 0 Å². The third kappa shape index (κ3) is 3.43.